The summed E-state index contributed by atoms with van der Waals surface area (Å²) in [7, 11) is 0. The Kier molecular flexibility index (Phi) is 14.7. The molecule has 1 aliphatic heterocycles. The van der Waals surface area contributed by atoms with Crippen molar-refractivity contribution in [3.63, 3.8) is 0 Å². The summed E-state index contributed by atoms with van der Waals surface area (Å²) >= 11 is 0. The van der Waals surface area contributed by atoms with Crippen LogP contribution in [0.4, 0.5) is 8.78 Å². The topological polar surface area (TPSA) is 81.5 Å². The van der Waals surface area contributed by atoms with Gasteiger partial charge in [-0.1, -0.05) is 100 Å². The molecule has 6 aromatic rings. The first-order chi connectivity index (χ1) is 30.1. The number of esters is 1. The summed E-state index contributed by atoms with van der Waals surface area (Å²) in [6.45, 7) is 12.3. The molecule has 2 aliphatic carbocycles. The highest BCUT2D eigenvalue weighted by Crippen LogP contribution is 2.45. The number of carbonyl (C=O) groups excluding carboxylic acids is 1. The molecule has 1 N–H and O–H groups in total. The van der Waals surface area contributed by atoms with Gasteiger partial charge >= 0.3 is 5.97 Å². The van der Waals surface area contributed by atoms with Crippen molar-refractivity contribution >= 4 is 5.97 Å². The molecule has 3 aliphatic rings. The first kappa shape index (κ1) is 44.5. The van der Waals surface area contributed by atoms with Crippen molar-refractivity contribution < 1.29 is 28.2 Å². The van der Waals surface area contributed by atoms with Gasteiger partial charge in [0.1, 0.15) is 11.6 Å². The number of aryl methyl sites for hydroxylation is 4. The first-order valence-corrected chi connectivity index (χ1v) is 22.3. The van der Waals surface area contributed by atoms with Gasteiger partial charge in [0.15, 0.2) is 0 Å². The van der Waals surface area contributed by atoms with E-state index in [4.69, 9.17) is 19.4 Å². The van der Waals surface area contributed by atoms with Crippen LogP contribution >= 0.6 is 0 Å². The fraction of sp³-hybridized carbons (Fsp3) is 0.352. The van der Waals surface area contributed by atoms with Crippen LogP contribution in [0, 0.1) is 11.6 Å². The van der Waals surface area contributed by atoms with Crippen LogP contribution in [-0.2, 0) is 41.8 Å². The van der Waals surface area contributed by atoms with E-state index >= 15 is 0 Å². The first-order valence-electron chi connectivity index (χ1n) is 22.3. The van der Waals surface area contributed by atoms with Crippen LogP contribution in [0.25, 0.3) is 44.5 Å². The van der Waals surface area contributed by atoms with E-state index in [9.17, 15) is 18.7 Å². The summed E-state index contributed by atoms with van der Waals surface area (Å²) in [5, 5.41) is 10.3. The normalized spacial score (nSPS) is 13.9. The Bertz CT molecular complexity index is 2480. The molecular weight excluding hydrogens is 779 g/mol. The van der Waals surface area contributed by atoms with Gasteiger partial charge in [-0.15, -0.1) is 0 Å². The summed E-state index contributed by atoms with van der Waals surface area (Å²) in [4.78, 5) is 23.2. The van der Waals surface area contributed by atoms with E-state index < -0.39 is 0 Å². The Morgan fingerprint density at radius 2 is 1.10 bits per heavy atom. The maximum Gasteiger partial charge on any atom is 0.340 e. The van der Waals surface area contributed by atoms with E-state index in [0.29, 0.717) is 5.56 Å². The quantitative estimate of drug-likeness (QED) is 0.161. The van der Waals surface area contributed by atoms with Crippen LogP contribution in [0.5, 0.6) is 0 Å². The highest BCUT2D eigenvalue weighted by Gasteiger charge is 2.30. The lowest BCUT2D eigenvalue weighted by molar-refractivity contribution is 0.0525. The molecule has 0 spiro atoms. The molecule has 0 bridgehead atoms. The molecule has 0 radical (unpaired) electrons. The number of fused-ring (bicyclic) bond motifs is 6. The number of aromatic nitrogens is 2. The number of rotatable bonds is 7. The largest absolute Gasteiger partial charge is 0.462 e. The van der Waals surface area contributed by atoms with Gasteiger partial charge in [0, 0.05) is 52.5 Å². The molecule has 0 amide bonds. The van der Waals surface area contributed by atoms with Crippen LogP contribution in [0.2, 0.25) is 0 Å². The van der Waals surface area contributed by atoms with Crippen molar-refractivity contribution in [2.24, 2.45) is 0 Å². The average Bonchev–Trinajstić information content (AvgIpc) is 3.75. The predicted octanol–water partition coefficient (Wildman–Crippen LogP) is 12.8. The monoisotopic (exact) mass is 836 g/mol. The molecule has 0 atom stereocenters. The van der Waals surface area contributed by atoms with Gasteiger partial charge in [0.25, 0.3) is 0 Å². The van der Waals surface area contributed by atoms with Gasteiger partial charge < -0.3 is 14.6 Å². The van der Waals surface area contributed by atoms with Gasteiger partial charge in [0.05, 0.1) is 24.5 Å². The number of nitrogens with zero attached hydrogens (tertiary/aromatic N) is 2. The highest BCUT2D eigenvalue weighted by molar-refractivity contribution is 6.04. The Labute approximate surface area is 365 Å². The molecular formula is C54H58F2N2O4. The van der Waals surface area contributed by atoms with E-state index in [1.54, 1.807) is 19.1 Å². The minimum atomic E-state index is -0.377. The van der Waals surface area contributed by atoms with Crippen LogP contribution in [0.3, 0.4) is 0 Å². The third-order valence-electron chi connectivity index (χ3n) is 11.8. The van der Waals surface area contributed by atoms with Gasteiger partial charge in [0.2, 0.25) is 0 Å². The SMILES string of the molecule is C1CCOC1.CC(C)c1nc2c(c(-c3ccc(F)cc3)c1CO)-c1ccccc1CCC2.CCOC(=O)c1c(C(C)C)nc2c(c1-c1ccc(F)cc1)-c1ccccc1CCC2. The van der Waals surface area contributed by atoms with Crippen molar-refractivity contribution in [2.45, 2.75) is 104 Å². The summed E-state index contributed by atoms with van der Waals surface area (Å²) in [6, 6.07) is 29.7. The zero-order chi connectivity index (χ0) is 43.8. The number of aliphatic hydroxyl groups excluding tert-OH is 1. The zero-order valence-electron chi connectivity index (χ0n) is 36.7. The van der Waals surface area contributed by atoms with E-state index in [1.807, 2.05) is 38.1 Å². The summed E-state index contributed by atoms with van der Waals surface area (Å²) < 4.78 is 37.7. The average molecular weight is 837 g/mol. The lowest BCUT2D eigenvalue weighted by Gasteiger charge is -2.22. The summed E-state index contributed by atoms with van der Waals surface area (Å²) in [5.41, 5.74) is 15.5. The molecule has 1 fully saturated rings. The van der Waals surface area contributed by atoms with Gasteiger partial charge in [-0.25, -0.2) is 13.6 Å². The van der Waals surface area contributed by atoms with Crippen LogP contribution in [0.1, 0.15) is 122 Å². The number of aliphatic hydroxyl groups is 1. The van der Waals surface area contributed by atoms with Crippen LogP contribution in [0.15, 0.2) is 97.1 Å². The minimum Gasteiger partial charge on any atom is -0.462 e. The molecule has 6 nitrogen and oxygen atoms in total. The Balaban J connectivity index is 0.000000168. The van der Waals surface area contributed by atoms with Gasteiger partial charge in [-0.2, -0.15) is 0 Å². The highest BCUT2D eigenvalue weighted by atomic mass is 19.1. The minimum absolute atomic E-state index is 0.0485. The number of hydrogen-bond acceptors (Lipinski definition) is 6. The maximum absolute atomic E-state index is 13.7. The fourth-order valence-electron chi connectivity index (χ4n) is 8.96. The second-order valence-corrected chi connectivity index (χ2v) is 16.8. The van der Waals surface area contributed by atoms with Crippen molar-refractivity contribution in [2.75, 3.05) is 19.8 Å². The summed E-state index contributed by atoms with van der Waals surface area (Å²) in [5.74, 6) is -0.685. The molecule has 9 rings (SSSR count). The number of benzene rings is 4. The summed E-state index contributed by atoms with van der Waals surface area (Å²) in [6.07, 6.45) is 8.32. The number of pyridine rings is 2. The lowest BCUT2D eigenvalue weighted by Crippen LogP contribution is -2.15. The number of carbonyl (C=O) groups is 1. The standard InChI is InChI=1S/C26H26FNO2.C24H24FNO.C4H8O/c1-4-30-26(29)24-22(18-12-14-19(27)15-13-18)23-20-10-6-5-8-17(20)9-7-11-21(23)28-25(24)16(2)3;1-15(2)24-20(14-27)22(17-10-12-18(25)13-11-17)23-19-8-4-3-6-16(19)7-5-9-21(23)26-24;1-2-4-5-3-1/h5-6,8,10,12-16H,4,7,9,11H2,1-3H3;3-4,6,8,10-13,15,27H,5,7,9,14H2,1-2H3;1-4H2. The van der Waals surface area contributed by atoms with Gasteiger partial charge in [-0.3, -0.25) is 9.97 Å². The fourth-order valence-corrected chi connectivity index (χ4v) is 8.96. The van der Waals surface area contributed by atoms with E-state index in [2.05, 4.69) is 50.2 Å². The number of halogens is 2. The molecule has 3 heterocycles. The predicted molar refractivity (Wildman–Crippen MR) is 244 cm³/mol. The number of hydrogen-bond donors (Lipinski definition) is 1. The second kappa shape index (κ2) is 20.5. The maximum atomic E-state index is 13.7. The van der Waals surface area contributed by atoms with Crippen molar-refractivity contribution in [1.29, 1.82) is 0 Å². The molecule has 2 aromatic heterocycles. The Morgan fingerprint density at radius 1 is 0.629 bits per heavy atom. The van der Waals surface area contributed by atoms with Crippen molar-refractivity contribution in [3.8, 4) is 44.5 Å². The van der Waals surface area contributed by atoms with Crippen LogP contribution < -0.4 is 0 Å². The molecule has 4 aromatic carbocycles. The van der Waals surface area contributed by atoms with E-state index in [0.717, 1.165) is 119 Å². The second-order valence-electron chi connectivity index (χ2n) is 16.8. The smallest absolute Gasteiger partial charge is 0.340 e. The molecule has 322 valence electrons. The zero-order valence-corrected chi connectivity index (χ0v) is 36.7. The Hall–Kier alpha value is -5.57. The van der Waals surface area contributed by atoms with E-state index in [-0.39, 0.29) is 42.7 Å². The Morgan fingerprint density at radius 3 is 1.55 bits per heavy atom. The van der Waals surface area contributed by atoms with Gasteiger partial charge in [-0.05, 0) is 133 Å². The molecule has 62 heavy (non-hydrogen) atoms. The van der Waals surface area contributed by atoms with Crippen molar-refractivity contribution in [3.05, 3.63) is 154 Å². The number of ether oxygens (including phenoxy) is 2. The molecule has 1 saturated heterocycles. The van der Waals surface area contributed by atoms with E-state index in [1.165, 1.54) is 53.8 Å². The van der Waals surface area contributed by atoms with Crippen LogP contribution in [-0.4, -0.2) is 40.9 Å². The third-order valence-corrected chi connectivity index (χ3v) is 11.8. The molecule has 0 unspecified atom stereocenters. The third kappa shape index (κ3) is 9.72. The lowest BCUT2D eigenvalue weighted by atomic mass is 9.85. The molecule has 0 saturated carbocycles. The van der Waals surface area contributed by atoms with Crippen molar-refractivity contribution in [1.82, 2.24) is 9.97 Å². The molecule has 8 heteroatoms.